The molecule has 0 amide bonds. The molecule has 6 heteroatoms. The average molecular weight is 831 g/mol. The zero-order valence-electron chi connectivity index (χ0n) is 39.3. The van der Waals surface area contributed by atoms with Crippen molar-refractivity contribution in [2.45, 2.75) is 213 Å². The lowest BCUT2D eigenvalue weighted by molar-refractivity contribution is -0.462. The molecule has 6 nitrogen and oxygen atoms in total. The van der Waals surface area contributed by atoms with Crippen LogP contribution in [0.3, 0.4) is 0 Å². The molecule has 0 spiro atoms. The summed E-state index contributed by atoms with van der Waals surface area (Å²) in [6, 6.07) is 3.79. The van der Waals surface area contributed by atoms with Crippen LogP contribution < -0.4 is 14.2 Å². The van der Waals surface area contributed by atoms with Crippen molar-refractivity contribution in [3.8, 4) is 17.2 Å². The van der Waals surface area contributed by atoms with E-state index in [0.29, 0.717) is 53.8 Å². The van der Waals surface area contributed by atoms with Gasteiger partial charge in [-0.05, 0) is 54.7 Å². The quantitative estimate of drug-likeness (QED) is 0.0411. The highest BCUT2D eigenvalue weighted by atomic mass is 16.5. The number of aliphatic hydroxyl groups is 1. The Morgan fingerprint density at radius 1 is 0.450 bits per heavy atom. The minimum absolute atomic E-state index is 0.0259. The monoisotopic (exact) mass is 831 g/mol. The van der Waals surface area contributed by atoms with Gasteiger partial charge in [-0.1, -0.05) is 194 Å². The second kappa shape index (κ2) is 32.4. The molecule has 0 aliphatic heterocycles. The van der Waals surface area contributed by atoms with Crippen LogP contribution in [-0.2, 0) is 4.79 Å². The molecule has 1 aromatic carbocycles. The van der Waals surface area contributed by atoms with Crippen LogP contribution in [0.1, 0.15) is 219 Å². The summed E-state index contributed by atoms with van der Waals surface area (Å²) in [5.41, 5.74) is 3.05. The fourth-order valence-electron chi connectivity index (χ4n) is 8.25. The van der Waals surface area contributed by atoms with Crippen LogP contribution in [0.4, 0.5) is 0 Å². The number of ether oxygens (including phenoxy) is 3. The Morgan fingerprint density at radius 2 is 0.783 bits per heavy atom. The van der Waals surface area contributed by atoms with E-state index in [0.717, 1.165) is 49.8 Å². The van der Waals surface area contributed by atoms with Crippen molar-refractivity contribution in [3.63, 3.8) is 0 Å². The highest BCUT2D eigenvalue weighted by molar-refractivity contribution is 6.39. The summed E-state index contributed by atoms with van der Waals surface area (Å²) < 4.78 is 21.7. The van der Waals surface area contributed by atoms with Crippen LogP contribution in [0.2, 0.25) is 0 Å². The van der Waals surface area contributed by atoms with Gasteiger partial charge in [-0.2, -0.15) is 0 Å². The molecule has 1 N–H and O–H groups in total. The van der Waals surface area contributed by atoms with Crippen molar-refractivity contribution in [1.29, 1.82) is 0 Å². The Kier molecular flexibility index (Phi) is 27.6. The average Bonchev–Trinajstić information content (AvgIpc) is 3.24. The summed E-state index contributed by atoms with van der Waals surface area (Å²) in [5, 5.41) is 11.4. The Hall–Kier alpha value is -3.28. The predicted octanol–water partition coefficient (Wildman–Crippen LogP) is 15.6. The number of nitrogens with zero attached hydrogens (tertiary/aromatic N) is 1. The Labute approximate surface area is 368 Å². The highest BCUT2D eigenvalue weighted by Gasteiger charge is 2.37. The van der Waals surface area contributed by atoms with Crippen LogP contribution in [0.15, 0.2) is 53.3 Å². The van der Waals surface area contributed by atoms with E-state index in [-0.39, 0.29) is 11.5 Å². The van der Waals surface area contributed by atoms with Gasteiger partial charge in [0.25, 0.3) is 0 Å². The molecule has 338 valence electrons. The molecular weight excluding hydrogens is 743 g/mol. The standard InChI is InChI=1S/C54H87NO5/c1-6-9-12-15-18-21-24-27-30-33-40-58-48-43-46(51-52(56)50(53(51)57)45-36-38-47(39-37-45)55(4)5)44-49(59-41-34-31-28-25-22-19-16-13-10-7-2)54(48)60-42-35-32-29-26-23-20-17-14-11-8-3/h36-39,43-44H,6-35,40-42H2,1-5H3/p+1. The van der Waals surface area contributed by atoms with E-state index in [1.54, 1.807) is 0 Å². The van der Waals surface area contributed by atoms with E-state index in [4.69, 9.17) is 14.2 Å². The maximum atomic E-state index is 13.8. The minimum Gasteiger partial charge on any atom is -0.506 e. The SMILES string of the molecule is CCCCCCCCCCCCOc1cc(C2=C(O)C(=C3C=CC(=[N+](C)C)C=C3)C2=O)cc(OCCCCCCCCCCCC)c1OCCCCCCCCCCCC. The van der Waals surface area contributed by atoms with Gasteiger partial charge < -0.3 is 19.3 Å². The topological polar surface area (TPSA) is 68.0 Å². The summed E-state index contributed by atoms with van der Waals surface area (Å²) in [5.74, 6) is 1.70. The second-order valence-electron chi connectivity index (χ2n) is 17.8. The van der Waals surface area contributed by atoms with Gasteiger partial charge >= 0.3 is 0 Å². The first-order chi connectivity index (χ1) is 29.4. The molecule has 0 fully saturated rings. The fourth-order valence-corrected chi connectivity index (χ4v) is 8.25. The van der Waals surface area contributed by atoms with Gasteiger partial charge in [0.2, 0.25) is 11.5 Å². The van der Waals surface area contributed by atoms with Crippen molar-refractivity contribution in [2.24, 2.45) is 0 Å². The number of allylic oxidation sites excluding steroid dienone is 7. The molecule has 0 radical (unpaired) electrons. The number of rotatable bonds is 37. The molecule has 60 heavy (non-hydrogen) atoms. The number of hydrogen-bond donors (Lipinski definition) is 1. The van der Waals surface area contributed by atoms with E-state index < -0.39 is 0 Å². The number of ketones is 1. The number of carbonyl (C=O) groups is 1. The highest BCUT2D eigenvalue weighted by Crippen LogP contribution is 2.46. The molecule has 0 bridgehead atoms. The third-order valence-electron chi connectivity index (χ3n) is 12.2. The summed E-state index contributed by atoms with van der Waals surface area (Å²) in [6.07, 6.45) is 45.6. The predicted molar refractivity (Wildman–Crippen MR) is 255 cm³/mol. The van der Waals surface area contributed by atoms with Gasteiger partial charge in [-0.25, -0.2) is 4.58 Å². The lowest BCUT2D eigenvalue weighted by atomic mass is 9.80. The van der Waals surface area contributed by atoms with E-state index in [1.807, 2.05) is 55.1 Å². The van der Waals surface area contributed by atoms with E-state index >= 15 is 0 Å². The molecule has 0 saturated carbocycles. The first kappa shape index (κ1) is 51.1. The Morgan fingerprint density at radius 3 is 1.12 bits per heavy atom. The number of hydrogen-bond acceptors (Lipinski definition) is 5. The number of carbonyl (C=O) groups excluding carboxylic acids is 1. The van der Waals surface area contributed by atoms with E-state index in [2.05, 4.69) is 20.8 Å². The number of unbranched alkanes of at least 4 members (excludes halogenated alkanes) is 27. The Balaban J connectivity index is 1.74. The van der Waals surface area contributed by atoms with Gasteiger partial charge in [-0.3, -0.25) is 4.79 Å². The van der Waals surface area contributed by atoms with Crippen molar-refractivity contribution < 1.29 is 28.7 Å². The molecule has 2 aliphatic carbocycles. The van der Waals surface area contributed by atoms with Crippen molar-refractivity contribution in [3.05, 3.63) is 58.9 Å². The first-order valence-electron chi connectivity index (χ1n) is 25.1. The molecule has 0 saturated heterocycles. The lowest BCUT2D eigenvalue weighted by Gasteiger charge is -2.25. The summed E-state index contributed by atoms with van der Waals surface area (Å²) >= 11 is 0. The van der Waals surface area contributed by atoms with E-state index in [1.165, 1.54) is 154 Å². The normalized spacial score (nSPS) is 13.8. The third-order valence-corrected chi connectivity index (χ3v) is 12.2. The molecular formula is C54H88NO5+. The van der Waals surface area contributed by atoms with Crippen molar-refractivity contribution in [1.82, 2.24) is 0 Å². The summed E-state index contributed by atoms with van der Waals surface area (Å²) in [6.45, 7) is 8.55. The second-order valence-corrected chi connectivity index (χ2v) is 17.8. The fraction of sp³-hybridized carbons (Fsp3) is 0.704. The van der Waals surface area contributed by atoms with Gasteiger partial charge in [0.05, 0.1) is 31.0 Å². The van der Waals surface area contributed by atoms with E-state index in [9.17, 15) is 9.90 Å². The first-order valence-corrected chi connectivity index (χ1v) is 25.1. The molecule has 3 rings (SSSR count). The van der Waals surface area contributed by atoms with Crippen LogP contribution in [0.25, 0.3) is 5.57 Å². The zero-order valence-corrected chi connectivity index (χ0v) is 39.3. The zero-order chi connectivity index (χ0) is 43.0. The van der Waals surface area contributed by atoms with Gasteiger partial charge in [0, 0.05) is 12.2 Å². The maximum Gasteiger partial charge on any atom is 0.203 e. The molecule has 0 heterocycles. The molecule has 0 unspecified atom stereocenters. The molecule has 0 aromatic heterocycles. The van der Waals surface area contributed by atoms with Gasteiger partial charge in [-0.15, -0.1) is 0 Å². The summed E-state index contributed by atoms with van der Waals surface area (Å²) in [4.78, 5) is 13.8. The maximum absolute atomic E-state index is 13.8. The largest absolute Gasteiger partial charge is 0.506 e. The van der Waals surface area contributed by atoms with Gasteiger partial charge in [0.15, 0.2) is 17.2 Å². The van der Waals surface area contributed by atoms with Crippen LogP contribution in [0, 0.1) is 0 Å². The Bertz CT molecular complexity index is 1440. The molecule has 2 aliphatic rings. The number of benzene rings is 1. The van der Waals surface area contributed by atoms with Gasteiger partial charge in [0.1, 0.15) is 19.9 Å². The van der Waals surface area contributed by atoms with Crippen LogP contribution in [-0.4, -0.2) is 55.1 Å². The van der Waals surface area contributed by atoms with Crippen LogP contribution >= 0.6 is 0 Å². The molecule has 1 aromatic rings. The van der Waals surface area contributed by atoms with Crippen molar-refractivity contribution >= 4 is 17.1 Å². The minimum atomic E-state index is -0.162. The summed E-state index contributed by atoms with van der Waals surface area (Å²) in [7, 11) is 3.98. The molecule has 0 atom stereocenters. The van der Waals surface area contributed by atoms with Crippen LogP contribution in [0.5, 0.6) is 17.2 Å². The number of aliphatic hydroxyl groups excluding tert-OH is 1. The number of Topliss-reactive ketones (excluding diaryl/α,β-unsaturated/α-hetero) is 1. The van der Waals surface area contributed by atoms with Crippen molar-refractivity contribution in [2.75, 3.05) is 33.9 Å². The smallest absolute Gasteiger partial charge is 0.203 e. The third kappa shape index (κ3) is 19.6. The lowest BCUT2D eigenvalue weighted by Crippen LogP contribution is -2.23.